The zero-order valence-corrected chi connectivity index (χ0v) is 27.8. The fourth-order valence-corrected chi connectivity index (χ4v) is 6.30. The van der Waals surface area contributed by atoms with Crippen molar-refractivity contribution in [3.05, 3.63) is 173 Å². The molecule has 4 atom stereocenters. The number of halogens is 1. The van der Waals surface area contributed by atoms with Crippen LogP contribution in [0.1, 0.15) is 33.9 Å². The number of benzene rings is 5. The lowest BCUT2D eigenvalue weighted by molar-refractivity contribution is -0.0898. The van der Waals surface area contributed by atoms with Gasteiger partial charge in [0.15, 0.2) is 0 Å². The highest BCUT2D eigenvalue weighted by molar-refractivity contribution is 6.28. The molecule has 8 heteroatoms. The number of aromatic nitrogens is 2. The molecule has 1 saturated heterocycles. The van der Waals surface area contributed by atoms with E-state index in [0.717, 1.165) is 33.2 Å². The zero-order valence-electron chi connectivity index (χ0n) is 27.0. The van der Waals surface area contributed by atoms with Crippen LogP contribution in [0.15, 0.2) is 140 Å². The van der Waals surface area contributed by atoms with Crippen molar-refractivity contribution in [2.24, 2.45) is 0 Å². The van der Waals surface area contributed by atoms with Crippen LogP contribution in [0.3, 0.4) is 0 Å². The molecule has 0 saturated carbocycles. The van der Waals surface area contributed by atoms with Gasteiger partial charge in [-0.2, -0.15) is 0 Å². The molecule has 2 heterocycles. The van der Waals surface area contributed by atoms with Crippen LogP contribution in [0.5, 0.6) is 0 Å². The summed E-state index contributed by atoms with van der Waals surface area (Å²) >= 11 is 6.46. The molecule has 0 aliphatic carbocycles. The number of rotatable bonds is 14. The van der Waals surface area contributed by atoms with E-state index in [1.807, 2.05) is 84.9 Å². The zero-order chi connectivity index (χ0) is 33.3. The number of fused-ring (bicyclic) bond motifs is 1. The van der Waals surface area contributed by atoms with Gasteiger partial charge in [0.1, 0.15) is 30.2 Å². The van der Waals surface area contributed by atoms with Gasteiger partial charge in [-0.25, -0.2) is 9.97 Å². The average molecular weight is 672 g/mol. The van der Waals surface area contributed by atoms with E-state index >= 15 is 0 Å². The summed E-state index contributed by atoms with van der Waals surface area (Å²) in [5.41, 5.74) is 6.00. The molecule has 248 valence electrons. The molecule has 0 radical (unpaired) electrons. The molecule has 1 fully saturated rings. The molecule has 0 amide bonds. The summed E-state index contributed by atoms with van der Waals surface area (Å²) in [6, 6.07) is 46.7. The normalized spacial score (nSPS) is 18.9. The van der Waals surface area contributed by atoms with Crippen LogP contribution in [0.25, 0.3) is 10.9 Å². The molecule has 1 aromatic heterocycles. The Morgan fingerprint density at radius 2 is 1.16 bits per heavy atom. The van der Waals surface area contributed by atoms with Gasteiger partial charge in [0.25, 0.3) is 0 Å². The summed E-state index contributed by atoms with van der Waals surface area (Å²) in [5, 5.41) is 4.47. The van der Waals surface area contributed by atoms with E-state index in [2.05, 4.69) is 69.9 Å². The summed E-state index contributed by atoms with van der Waals surface area (Å²) < 4.78 is 26.5. The van der Waals surface area contributed by atoms with Crippen molar-refractivity contribution in [2.45, 2.75) is 50.8 Å². The van der Waals surface area contributed by atoms with Crippen molar-refractivity contribution in [1.82, 2.24) is 9.97 Å². The third-order valence-electron chi connectivity index (χ3n) is 8.60. The van der Waals surface area contributed by atoms with Crippen molar-refractivity contribution in [1.29, 1.82) is 0 Å². The Morgan fingerprint density at radius 1 is 0.612 bits per heavy atom. The van der Waals surface area contributed by atoms with Gasteiger partial charge in [0.05, 0.1) is 31.9 Å². The average Bonchev–Trinajstić information content (AvgIpc) is 3.50. The second kappa shape index (κ2) is 16.2. The third kappa shape index (κ3) is 8.51. The van der Waals surface area contributed by atoms with E-state index < -0.39 is 18.3 Å². The molecule has 49 heavy (non-hydrogen) atoms. The second-order valence-corrected chi connectivity index (χ2v) is 12.4. The molecular weight excluding hydrogens is 634 g/mol. The molecule has 1 aliphatic heterocycles. The molecule has 0 spiro atoms. The van der Waals surface area contributed by atoms with Crippen LogP contribution < -0.4 is 5.32 Å². The Bertz CT molecular complexity index is 1920. The largest absolute Gasteiger partial charge is 0.374 e. The van der Waals surface area contributed by atoms with Crippen molar-refractivity contribution in [3.8, 4) is 0 Å². The van der Waals surface area contributed by atoms with Crippen LogP contribution in [-0.4, -0.2) is 34.9 Å². The number of nitrogens with one attached hydrogen (secondary N) is 1. The molecule has 1 aliphatic rings. The molecule has 7 nitrogen and oxygen atoms in total. The highest BCUT2D eigenvalue weighted by Gasteiger charge is 2.47. The van der Waals surface area contributed by atoms with Gasteiger partial charge in [-0.3, -0.25) is 0 Å². The molecule has 7 rings (SSSR count). The number of nitrogens with zero attached hydrogens (tertiary/aromatic N) is 2. The minimum atomic E-state index is -0.450. The molecule has 1 unspecified atom stereocenters. The summed E-state index contributed by atoms with van der Waals surface area (Å²) in [7, 11) is 0. The maximum absolute atomic E-state index is 6.84. The quantitative estimate of drug-likeness (QED) is 0.116. The summed E-state index contributed by atoms with van der Waals surface area (Å²) in [4.78, 5) is 9.11. The highest BCUT2D eigenvalue weighted by Crippen LogP contribution is 2.40. The Hall–Kier alpha value is -4.63. The van der Waals surface area contributed by atoms with Crippen LogP contribution in [0.2, 0.25) is 5.28 Å². The van der Waals surface area contributed by atoms with Gasteiger partial charge in [-0.15, -0.1) is 0 Å². The Balaban J connectivity index is 1.18. The van der Waals surface area contributed by atoms with Crippen molar-refractivity contribution >= 4 is 28.3 Å². The molecule has 5 aromatic carbocycles. The standard InChI is InChI=1S/C41H38ClN3O4/c42-41-44-35-23-33(21-22-34(35)40(45-41)43-24-29-13-5-1-6-14-29)37-39(48-27-32-19-11-4-12-20-32)38(47-26-31-17-9-3-10-18-31)36(49-37)28-46-25-30-15-7-2-8-16-30/h1-23,36-39H,24-28H2,(H,43,44,45)/t36-,37?,38-,39+/m1/s1. The lowest BCUT2D eigenvalue weighted by atomic mass is 9.99. The second-order valence-electron chi connectivity index (χ2n) is 12.1. The smallest absolute Gasteiger partial charge is 0.224 e. The number of anilines is 1. The lowest BCUT2D eigenvalue weighted by Crippen LogP contribution is -2.37. The van der Waals surface area contributed by atoms with Crippen LogP contribution in [-0.2, 0) is 45.3 Å². The first kappa shape index (κ1) is 32.9. The summed E-state index contributed by atoms with van der Waals surface area (Å²) in [6.45, 7) is 2.24. The Labute approximate surface area is 291 Å². The Kier molecular flexibility index (Phi) is 10.9. The molecule has 1 N–H and O–H groups in total. The monoisotopic (exact) mass is 671 g/mol. The lowest BCUT2D eigenvalue weighted by Gasteiger charge is -2.25. The highest BCUT2D eigenvalue weighted by atomic mass is 35.5. The van der Waals surface area contributed by atoms with Crippen LogP contribution >= 0.6 is 11.6 Å². The third-order valence-corrected chi connectivity index (χ3v) is 8.77. The predicted molar refractivity (Wildman–Crippen MR) is 192 cm³/mol. The molecule has 6 aromatic rings. The van der Waals surface area contributed by atoms with E-state index in [-0.39, 0.29) is 11.4 Å². The first-order valence-corrected chi connectivity index (χ1v) is 16.9. The van der Waals surface area contributed by atoms with E-state index in [4.69, 9.17) is 30.5 Å². The van der Waals surface area contributed by atoms with E-state index in [1.165, 1.54) is 0 Å². The van der Waals surface area contributed by atoms with Gasteiger partial charge < -0.3 is 24.3 Å². The SMILES string of the molecule is Clc1nc(NCc2ccccc2)c2ccc(C3O[C@H](COCc4ccccc4)[C@@H](OCc4ccccc4)[C@H]3OCc3ccccc3)cc2n1. The van der Waals surface area contributed by atoms with Crippen LogP contribution in [0, 0.1) is 0 Å². The summed E-state index contributed by atoms with van der Waals surface area (Å²) in [6.07, 6.45) is -1.67. The first-order chi connectivity index (χ1) is 24.2. The van der Waals surface area contributed by atoms with Crippen LogP contribution in [0.4, 0.5) is 5.82 Å². The summed E-state index contributed by atoms with van der Waals surface area (Å²) in [5.74, 6) is 0.672. The van der Waals surface area contributed by atoms with Gasteiger partial charge >= 0.3 is 0 Å². The maximum Gasteiger partial charge on any atom is 0.224 e. The maximum atomic E-state index is 6.84. The van der Waals surface area contributed by atoms with Crippen molar-refractivity contribution < 1.29 is 18.9 Å². The van der Waals surface area contributed by atoms with Gasteiger partial charge in [0, 0.05) is 11.9 Å². The topological polar surface area (TPSA) is 74.7 Å². The van der Waals surface area contributed by atoms with E-state index in [0.29, 0.717) is 44.3 Å². The first-order valence-electron chi connectivity index (χ1n) is 16.5. The minimum Gasteiger partial charge on any atom is -0.374 e. The van der Waals surface area contributed by atoms with Gasteiger partial charge in [-0.1, -0.05) is 127 Å². The van der Waals surface area contributed by atoms with Gasteiger partial charge in [-0.05, 0) is 51.6 Å². The fourth-order valence-electron chi connectivity index (χ4n) is 6.13. The molecule has 0 bridgehead atoms. The number of hydrogen-bond acceptors (Lipinski definition) is 7. The van der Waals surface area contributed by atoms with Crippen molar-refractivity contribution in [3.63, 3.8) is 0 Å². The minimum absolute atomic E-state index is 0.167. The number of hydrogen-bond donors (Lipinski definition) is 1. The number of ether oxygens (including phenoxy) is 4. The van der Waals surface area contributed by atoms with E-state index in [9.17, 15) is 0 Å². The predicted octanol–water partition coefficient (Wildman–Crippen LogP) is 8.72. The fraction of sp³-hybridized carbons (Fsp3) is 0.220. The van der Waals surface area contributed by atoms with Gasteiger partial charge in [0.2, 0.25) is 5.28 Å². The Morgan fingerprint density at radius 3 is 1.78 bits per heavy atom. The van der Waals surface area contributed by atoms with E-state index in [1.54, 1.807) is 0 Å². The van der Waals surface area contributed by atoms with Crippen molar-refractivity contribution in [2.75, 3.05) is 11.9 Å². The molecular formula is C41H38ClN3O4.